The zero-order chi connectivity index (χ0) is 26.3. The quantitative estimate of drug-likeness (QED) is 0.359. The van der Waals surface area contributed by atoms with Crippen LogP contribution in [0.2, 0.25) is 0 Å². The molecule has 194 valence electrons. The predicted octanol–water partition coefficient (Wildman–Crippen LogP) is 4.71. The highest BCUT2D eigenvalue weighted by molar-refractivity contribution is 6.02. The molecule has 0 bridgehead atoms. The molecule has 1 fully saturated rings. The summed E-state index contributed by atoms with van der Waals surface area (Å²) in [6, 6.07) is 18.7. The van der Waals surface area contributed by atoms with Gasteiger partial charge in [-0.05, 0) is 73.7 Å². The van der Waals surface area contributed by atoms with Gasteiger partial charge in [-0.2, -0.15) is 4.98 Å². The van der Waals surface area contributed by atoms with Gasteiger partial charge < -0.3 is 16.0 Å². The topological polar surface area (TPSA) is 101 Å². The van der Waals surface area contributed by atoms with Gasteiger partial charge in [0.2, 0.25) is 5.95 Å². The molecule has 2 aliphatic rings. The number of benzene rings is 2. The molecule has 3 heterocycles. The van der Waals surface area contributed by atoms with Crippen LogP contribution in [-0.2, 0) is 6.42 Å². The van der Waals surface area contributed by atoms with E-state index in [4.69, 9.17) is 4.98 Å². The first kappa shape index (κ1) is 24.3. The van der Waals surface area contributed by atoms with E-state index >= 15 is 0 Å². The Balaban J connectivity index is 1.32. The van der Waals surface area contributed by atoms with Crippen molar-refractivity contribution in [3.63, 3.8) is 0 Å². The number of pyridine rings is 1. The average molecular weight is 509 g/mol. The third kappa shape index (κ3) is 4.56. The summed E-state index contributed by atoms with van der Waals surface area (Å²) in [5.74, 6) is 0.314. The third-order valence-electron chi connectivity index (χ3n) is 7.69. The highest BCUT2D eigenvalue weighted by atomic mass is 16.1. The minimum atomic E-state index is -0.670. The Bertz CT molecular complexity index is 1550. The van der Waals surface area contributed by atoms with Gasteiger partial charge in [0.25, 0.3) is 5.56 Å². The SMILES string of the molecule is CC1(C)Cc2ccccc2C(=O)C1n1c(=O)ccc2cnc(Nc3ccc(NC4CCNCC4)cc3)nc21. The zero-order valence-corrected chi connectivity index (χ0v) is 21.7. The normalized spacial score (nSPS) is 19.2. The number of carbonyl (C=O) groups is 1. The molecular formula is C30H32N6O2. The van der Waals surface area contributed by atoms with Gasteiger partial charge in [0.15, 0.2) is 5.78 Å². The lowest BCUT2D eigenvalue weighted by Gasteiger charge is -2.39. The molecule has 2 aromatic heterocycles. The second-order valence-electron chi connectivity index (χ2n) is 11.0. The first-order valence-corrected chi connectivity index (χ1v) is 13.2. The van der Waals surface area contributed by atoms with E-state index in [1.165, 1.54) is 6.07 Å². The molecule has 3 N–H and O–H groups in total. The van der Waals surface area contributed by atoms with Crippen LogP contribution in [0.25, 0.3) is 11.0 Å². The Kier molecular flexibility index (Phi) is 6.19. The molecule has 0 spiro atoms. The van der Waals surface area contributed by atoms with Crippen LogP contribution < -0.4 is 21.5 Å². The average Bonchev–Trinajstić information content (AvgIpc) is 2.91. The van der Waals surface area contributed by atoms with Crippen molar-refractivity contribution in [1.29, 1.82) is 0 Å². The Hall–Kier alpha value is -4.04. The molecule has 1 atom stereocenters. The Labute approximate surface area is 221 Å². The largest absolute Gasteiger partial charge is 0.382 e. The number of carbonyl (C=O) groups excluding carboxylic acids is 1. The van der Waals surface area contributed by atoms with E-state index in [0.717, 1.165) is 42.9 Å². The fourth-order valence-electron chi connectivity index (χ4n) is 5.80. The number of nitrogens with zero attached hydrogens (tertiary/aromatic N) is 3. The molecule has 4 aromatic rings. The first-order valence-electron chi connectivity index (χ1n) is 13.2. The first-order chi connectivity index (χ1) is 18.4. The smallest absolute Gasteiger partial charge is 0.252 e. The molecule has 1 aliphatic heterocycles. The van der Waals surface area contributed by atoms with Crippen LogP contribution in [0, 0.1) is 5.41 Å². The van der Waals surface area contributed by atoms with Crippen LogP contribution in [-0.4, -0.2) is 39.4 Å². The van der Waals surface area contributed by atoms with E-state index in [1.54, 1.807) is 16.8 Å². The van der Waals surface area contributed by atoms with Crippen molar-refractivity contribution in [3.8, 4) is 0 Å². The van der Waals surface area contributed by atoms with Gasteiger partial charge in [0.05, 0.1) is 0 Å². The van der Waals surface area contributed by atoms with E-state index in [0.29, 0.717) is 35.0 Å². The van der Waals surface area contributed by atoms with Gasteiger partial charge in [-0.3, -0.25) is 14.2 Å². The summed E-state index contributed by atoms with van der Waals surface area (Å²) in [5, 5.41) is 11.0. The predicted molar refractivity (Wildman–Crippen MR) is 150 cm³/mol. The number of hydrogen-bond donors (Lipinski definition) is 3. The van der Waals surface area contributed by atoms with Crippen molar-refractivity contribution in [2.24, 2.45) is 5.41 Å². The van der Waals surface area contributed by atoms with Crippen LogP contribution in [0.4, 0.5) is 17.3 Å². The summed E-state index contributed by atoms with van der Waals surface area (Å²) in [7, 11) is 0. The highest BCUT2D eigenvalue weighted by Crippen LogP contribution is 2.42. The van der Waals surface area contributed by atoms with Crippen molar-refractivity contribution >= 4 is 34.1 Å². The number of hydrogen-bond acceptors (Lipinski definition) is 7. The van der Waals surface area contributed by atoms with Crippen LogP contribution in [0.15, 0.2) is 71.7 Å². The molecule has 2 aromatic carbocycles. The molecule has 38 heavy (non-hydrogen) atoms. The summed E-state index contributed by atoms with van der Waals surface area (Å²) >= 11 is 0. The molecule has 1 saturated heterocycles. The van der Waals surface area contributed by atoms with E-state index in [-0.39, 0.29) is 11.3 Å². The molecule has 1 unspecified atom stereocenters. The summed E-state index contributed by atoms with van der Waals surface area (Å²) in [4.78, 5) is 36.2. The summed E-state index contributed by atoms with van der Waals surface area (Å²) in [6.45, 7) is 6.16. The fraction of sp³-hybridized carbons (Fsp3) is 0.333. The van der Waals surface area contributed by atoms with Gasteiger partial charge in [0.1, 0.15) is 11.7 Å². The lowest BCUT2D eigenvalue weighted by atomic mass is 9.69. The molecule has 6 rings (SSSR count). The van der Waals surface area contributed by atoms with E-state index in [1.807, 2.05) is 62.4 Å². The van der Waals surface area contributed by atoms with E-state index in [2.05, 4.69) is 20.9 Å². The molecular weight excluding hydrogens is 476 g/mol. The number of rotatable bonds is 5. The zero-order valence-electron chi connectivity index (χ0n) is 21.7. The summed E-state index contributed by atoms with van der Waals surface area (Å²) in [6.07, 6.45) is 4.61. The van der Waals surface area contributed by atoms with Crippen molar-refractivity contribution in [3.05, 3.63) is 88.3 Å². The van der Waals surface area contributed by atoms with Gasteiger partial charge in [-0.1, -0.05) is 38.1 Å². The maximum Gasteiger partial charge on any atom is 0.252 e. The minimum absolute atomic E-state index is 0.0589. The van der Waals surface area contributed by atoms with Crippen LogP contribution >= 0.6 is 0 Å². The standard InChI is InChI=1S/C30H32N6O2/c1-30(2)17-19-5-3-4-6-24(19)26(38)27(30)36-25(37)12-7-20-18-32-29(35-28(20)36)34-22-10-8-21(9-11-22)33-23-13-15-31-16-14-23/h3-12,18,23,27,31,33H,13-17H2,1-2H3,(H,32,34,35). The van der Waals surface area contributed by atoms with Gasteiger partial charge in [0, 0.05) is 40.6 Å². The van der Waals surface area contributed by atoms with Crippen LogP contribution in [0.3, 0.4) is 0 Å². The van der Waals surface area contributed by atoms with Crippen molar-refractivity contribution in [2.75, 3.05) is 23.7 Å². The number of piperidine rings is 1. The number of ketones is 1. The van der Waals surface area contributed by atoms with Crippen molar-refractivity contribution < 1.29 is 4.79 Å². The van der Waals surface area contributed by atoms with E-state index in [9.17, 15) is 9.59 Å². The maximum atomic E-state index is 13.8. The maximum absolute atomic E-state index is 13.8. The fourth-order valence-corrected chi connectivity index (χ4v) is 5.80. The number of anilines is 3. The molecule has 1 aliphatic carbocycles. The molecule has 0 amide bonds. The Morgan fingerprint density at radius 3 is 2.47 bits per heavy atom. The Morgan fingerprint density at radius 1 is 0.947 bits per heavy atom. The molecule has 8 nitrogen and oxygen atoms in total. The minimum Gasteiger partial charge on any atom is -0.382 e. The van der Waals surface area contributed by atoms with Crippen LogP contribution in [0.1, 0.15) is 48.7 Å². The van der Waals surface area contributed by atoms with Gasteiger partial charge >= 0.3 is 0 Å². The second kappa shape index (κ2) is 9.68. The Morgan fingerprint density at radius 2 is 1.68 bits per heavy atom. The number of aromatic nitrogens is 3. The lowest BCUT2D eigenvalue weighted by molar-refractivity contribution is 0.0780. The van der Waals surface area contributed by atoms with E-state index < -0.39 is 11.5 Å². The monoisotopic (exact) mass is 508 g/mol. The lowest BCUT2D eigenvalue weighted by Crippen LogP contribution is -2.44. The number of Topliss-reactive ketones (excluding diaryl/α,β-unsaturated/α-hetero) is 1. The summed E-state index contributed by atoms with van der Waals surface area (Å²) in [5.41, 5.74) is 3.33. The molecule has 0 saturated carbocycles. The third-order valence-corrected chi connectivity index (χ3v) is 7.69. The van der Waals surface area contributed by atoms with Crippen molar-refractivity contribution in [1.82, 2.24) is 19.9 Å². The molecule has 8 heteroatoms. The number of nitrogens with one attached hydrogen (secondary N) is 3. The van der Waals surface area contributed by atoms with Gasteiger partial charge in [-0.25, -0.2) is 4.98 Å². The highest BCUT2D eigenvalue weighted by Gasteiger charge is 2.43. The number of fused-ring (bicyclic) bond motifs is 2. The van der Waals surface area contributed by atoms with Crippen molar-refractivity contribution in [2.45, 2.75) is 45.2 Å². The second-order valence-corrected chi connectivity index (χ2v) is 11.0. The summed E-state index contributed by atoms with van der Waals surface area (Å²) < 4.78 is 1.56. The van der Waals surface area contributed by atoms with Gasteiger partial charge in [-0.15, -0.1) is 0 Å². The molecule has 0 radical (unpaired) electrons. The van der Waals surface area contributed by atoms with Crippen LogP contribution in [0.5, 0.6) is 0 Å².